The first-order chi connectivity index (χ1) is 15.5. The monoisotopic (exact) mass is 582 g/mol. The quantitative estimate of drug-likeness (QED) is 0.255. The molecule has 0 spiro atoms. The van der Waals surface area contributed by atoms with Gasteiger partial charge in [0.15, 0.2) is 0 Å². The summed E-state index contributed by atoms with van der Waals surface area (Å²) in [5.74, 6) is 0. The maximum atomic E-state index is 10.5. The average molecular weight is 585 g/mol. The van der Waals surface area contributed by atoms with Gasteiger partial charge in [-0.05, 0) is 0 Å². The van der Waals surface area contributed by atoms with Crippen LogP contribution in [0.3, 0.4) is 0 Å². The fourth-order valence-electron chi connectivity index (χ4n) is 6.95. The second-order valence-corrected chi connectivity index (χ2v) is 38.6. The summed E-state index contributed by atoms with van der Waals surface area (Å²) in [5, 5.41) is 10.5. The molecule has 4 aromatic rings. The van der Waals surface area contributed by atoms with E-state index in [0.717, 1.165) is 4.13 Å². The van der Waals surface area contributed by atoms with Crippen LogP contribution in [-0.2, 0) is 17.4 Å². The fraction of sp³-hybridized carbons (Fsp3) is 0.172. The Balaban J connectivity index is 0.00000137. The molecular weight excluding hydrogens is 555 g/mol. The van der Waals surface area contributed by atoms with Gasteiger partial charge in [-0.25, -0.2) is 0 Å². The van der Waals surface area contributed by atoms with Crippen molar-refractivity contribution < 1.29 is 22.5 Å². The molecule has 0 heterocycles. The van der Waals surface area contributed by atoms with Crippen LogP contribution in [0.4, 0.5) is 0 Å². The van der Waals surface area contributed by atoms with E-state index in [1.165, 1.54) is 44.5 Å². The Kier molecular flexibility index (Phi) is 6.92. The molecule has 5 heteroatoms. The van der Waals surface area contributed by atoms with Crippen LogP contribution in [0.1, 0.15) is 29.5 Å². The van der Waals surface area contributed by atoms with Gasteiger partial charge in [0.2, 0.25) is 0 Å². The summed E-state index contributed by atoms with van der Waals surface area (Å²) in [4.78, 5) is 0. The molecule has 0 atom stereocenters. The zero-order chi connectivity index (χ0) is 21.9. The van der Waals surface area contributed by atoms with Crippen molar-refractivity contribution in [1.29, 1.82) is 0 Å². The van der Waals surface area contributed by atoms with E-state index >= 15 is 0 Å². The Bertz CT molecular complexity index is 1260. The van der Waals surface area contributed by atoms with Crippen LogP contribution in [0.2, 0.25) is 8.76 Å². The molecule has 0 amide bonds. The molecular formula is C29H30Cl2OSiZr. The van der Waals surface area contributed by atoms with E-state index in [1.807, 2.05) is 0 Å². The van der Waals surface area contributed by atoms with Crippen LogP contribution < -0.4 is 0 Å². The molecule has 0 aromatic heterocycles. The molecule has 0 aliphatic heterocycles. The van der Waals surface area contributed by atoms with E-state index in [9.17, 15) is 5.11 Å². The average Bonchev–Trinajstić information content (AvgIpc) is 3.34. The third-order valence-corrected chi connectivity index (χ3v) is 30.8. The van der Waals surface area contributed by atoms with Crippen molar-refractivity contribution in [2.24, 2.45) is 0 Å². The van der Waals surface area contributed by atoms with Gasteiger partial charge in [0.25, 0.3) is 0 Å². The summed E-state index contributed by atoms with van der Waals surface area (Å²) in [6, 6.07) is 36.1. The van der Waals surface area contributed by atoms with Crippen LogP contribution in [0.15, 0.2) is 97.1 Å². The number of halogens is 2. The first kappa shape index (κ1) is 25.6. The van der Waals surface area contributed by atoms with Gasteiger partial charge < -0.3 is 0 Å². The van der Waals surface area contributed by atoms with E-state index in [2.05, 4.69) is 109 Å². The van der Waals surface area contributed by atoms with Crippen molar-refractivity contribution in [3.05, 3.63) is 119 Å². The Morgan fingerprint density at radius 2 is 0.853 bits per heavy atom. The summed E-state index contributed by atoms with van der Waals surface area (Å²) >= 11 is -3.83. The number of aliphatic hydroxyl groups is 1. The van der Waals surface area contributed by atoms with Gasteiger partial charge in [0, 0.05) is 0 Å². The van der Waals surface area contributed by atoms with E-state index in [0.29, 0.717) is 7.25 Å². The first-order valence-corrected chi connectivity index (χ1v) is 24.5. The third kappa shape index (κ3) is 3.47. The summed E-state index contributed by atoms with van der Waals surface area (Å²) in [6.45, 7) is 2.59. The predicted octanol–water partition coefficient (Wildman–Crippen LogP) is 7.07. The Hall–Kier alpha value is -1.48. The van der Waals surface area contributed by atoms with Gasteiger partial charge in [-0.1, -0.05) is 0 Å². The van der Waals surface area contributed by atoms with Gasteiger partial charge in [-0.3, -0.25) is 0 Å². The second-order valence-electron chi connectivity index (χ2n) is 10.2. The first-order valence-electron chi connectivity index (χ1n) is 11.6. The van der Waals surface area contributed by atoms with Gasteiger partial charge in [0.05, 0.1) is 0 Å². The predicted molar refractivity (Wildman–Crippen MR) is 148 cm³/mol. The van der Waals surface area contributed by atoms with E-state index in [1.54, 1.807) is 0 Å². The van der Waals surface area contributed by atoms with Crippen LogP contribution in [0, 0.1) is 0 Å². The van der Waals surface area contributed by atoms with Crippen molar-refractivity contribution >= 4 is 31.7 Å². The minimum absolute atomic E-state index is 0. The standard InChI is InChI=1S/2C13H9.C2H5O.CH3.2ClH.H2Si.Zr/c2*1-3-7-12-10(5-1)9-11-6-2-4-8-13(11)12;1-2-3;;;;;/h2*1-9H;3H,1-2H2;1H3;2*1H;1H2;. The molecule has 0 bridgehead atoms. The molecule has 0 fully saturated rings. The molecule has 2 aliphatic rings. The normalized spacial score (nSPS) is 14.3. The summed E-state index contributed by atoms with van der Waals surface area (Å²) < 4.78 is 4.38. The molecule has 174 valence electrons. The SMILES string of the molecule is Cl.Cl.[CH3][Zr](=[SiH2])([CH2]CO)([CH]1c2ccccc2-c2ccccc21)[CH]1c2ccccc2-c2ccccc21. The number of benzene rings is 4. The summed E-state index contributed by atoms with van der Waals surface area (Å²) in [7, 11) is 0. The van der Waals surface area contributed by atoms with Crippen molar-refractivity contribution in [3.63, 3.8) is 0 Å². The van der Waals surface area contributed by atoms with Crippen molar-refractivity contribution in [2.45, 2.75) is 16.0 Å². The van der Waals surface area contributed by atoms with E-state index < -0.39 is 17.4 Å². The second kappa shape index (κ2) is 9.19. The minimum atomic E-state index is -3.83. The summed E-state index contributed by atoms with van der Waals surface area (Å²) in [6.07, 6.45) is 0. The molecule has 0 saturated carbocycles. The molecule has 1 nitrogen and oxygen atoms in total. The molecule has 4 aromatic carbocycles. The third-order valence-electron chi connectivity index (χ3n) is 8.22. The molecule has 0 saturated heterocycles. The fourth-order valence-corrected chi connectivity index (χ4v) is 28.5. The van der Waals surface area contributed by atoms with Gasteiger partial charge in [-0.15, -0.1) is 24.8 Å². The zero-order valence-corrected chi connectivity index (χ0v) is 24.8. The molecule has 0 radical (unpaired) electrons. The van der Waals surface area contributed by atoms with Crippen molar-refractivity contribution in [2.75, 3.05) is 6.61 Å². The number of hydrogen-bond donors (Lipinski definition) is 1. The van der Waals surface area contributed by atoms with Gasteiger partial charge >= 0.3 is 194 Å². The van der Waals surface area contributed by atoms with Gasteiger partial charge in [0.1, 0.15) is 0 Å². The molecule has 0 unspecified atom stereocenters. The number of hydrogen-bond acceptors (Lipinski definition) is 1. The Labute approximate surface area is 216 Å². The van der Waals surface area contributed by atoms with E-state index in [-0.39, 0.29) is 31.4 Å². The Morgan fingerprint density at radius 1 is 0.588 bits per heavy atom. The van der Waals surface area contributed by atoms with E-state index in [4.69, 9.17) is 0 Å². The van der Waals surface area contributed by atoms with Crippen LogP contribution >= 0.6 is 24.8 Å². The Morgan fingerprint density at radius 3 is 1.12 bits per heavy atom. The molecule has 6 rings (SSSR count). The number of rotatable bonds is 4. The molecule has 2 aliphatic carbocycles. The van der Waals surface area contributed by atoms with Crippen LogP contribution in [-0.4, -0.2) is 18.6 Å². The van der Waals surface area contributed by atoms with Crippen molar-refractivity contribution in [1.82, 2.24) is 0 Å². The number of aliphatic hydroxyl groups excluding tert-OH is 1. The van der Waals surface area contributed by atoms with Crippen LogP contribution in [0.25, 0.3) is 22.3 Å². The van der Waals surface area contributed by atoms with Crippen molar-refractivity contribution in [3.8, 4) is 22.3 Å². The van der Waals surface area contributed by atoms with Gasteiger partial charge in [-0.2, -0.15) is 0 Å². The van der Waals surface area contributed by atoms with Crippen LogP contribution in [0.5, 0.6) is 0 Å². The zero-order valence-electron chi connectivity index (χ0n) is 19.3. The molecule has 1 N–H and O–H groups in total. The maximum absolute atomic E-state index is 10.5. The summed E-state index contributed by atoms with van der Waals surface area (Å²) in [5.41, 5.74) is 11.5. The molecule has 34 heavy (non-hydrogen) atoms. The number of fused-ring (bicyclic) bond motifs is 6. The topological polar surface area (TPSA) is 20.2 Å².